The van der Waals surface area contributed by atoms with Crippen LogP contribution in [0.2, 0.25) is 10.3 Å². The Kier molecular flexibility index (Phi) is 3.27. The van der Waals surface area contributed by atoms with Crippen LogP contribution in [0.1, 0.15) is 6.92 Å². The summed E-state index contributed by atoms with van der Waals surface area (Å²) in [5.74, 6) is -0.00548. The first-order chi connectivity index (χ1) is 6.09. The summed E-state index contributed by atoms with van der Waals surface area (Å²) in [5.41, 5.74) is 4.78. The molecule has 0 saturated carbocycles. The van der Waals surface area contributed by atoms with Crippen LogP contribution in [0.4, 0.5) is 5.82 Å². The van der Waals surface area contributed by atoms with Crippen molar-refractivity contribution in [3.05, 3.63) is 16.5 Å². The summed E-state index contributed by atoms with van der Waals surface area (Å²) in [7, 11) is 0. The minimum Gasteiger partial charge on any atom is -0.279 e. The third-order valence-electron chi connectivity index (χ3n) is 1.06. The molecule has 0 atom stereocenters. The van der Waals surface area contributed by atoms with Gasteiger partial charge in [-0.1, -0.05) is 23.2 Å². The van der Waals surface area contributed by atoms with Crippen LogP contribution in [0.3, 0.4) is 0 Å². The molecule has 13 heavy (non-hydrogen) atoms. The van der Waals surface area contributed by atoms with Gasteiger partial charge in [-0.15, -0.1) is 0 Å². The molecule has 0 bridgehead atoms. The molecule has 0 saturated heterocycles. The molecule has 70 valence electrons. The zero-order valence-electron chi connectivity index (χ0n) is 6.64. The molecule has 1 rings (SSSR count). The van der Waals surface area contributed by atoms with E-state index in [-0.39, 0.29) is 22.0 Å². The topological polar surface area (TPSA) is 66.9 Å². The lowest BCUT2D eigenvalue weighted by atomic mass is 10.7. The minimum atomic E-state index is -0.257. The fourth-order valence-corrected chi connectivity index (χ4v) is 0.941. The second-order valence-corrected chi connectivity index (χ2v) is 2.88. The smallest absolute Gasteiger partial charge is 0.235 e. The van der Waals surface area contributed by atoms with Gasteiger partial charge >= 0.3 is 0 Å². The quantitative estimate of drug-likeness (QED) is 0.737. The number of hydrogen-bond donors (Lipinski definition) is 2. The number of carbonyl (C=O) groups is 1. The lowest BCUT2D eigenvalue weighted by Crippen LogP contribution is -2.27. The highest BCUT2D eigenvalue weighted by Crippen LogP contribution is 2.16. The van der Waals surface area contributed by atoms with Crippen molar-refractivity contribution in [3.63, 3.8) is 0 Å². The van der Waals surface area contributed by atoms with E-state index in [4.69, 9.17) is 23.2 Å². The van der Waals surface area contributed by atoms with Crippen molar-refractivity contribution >= 4 is 34.9 Å². The van der Waals surface area contributed by atoms with Gasteiger partial charge in [-0.3, -0.25) is 15.6 Å². The van der Waals surface area contributed by atoms with E-state index in [1.807, 2.05) is 0 Å². The second-order valence-electron chi connectivity index (χ2n) is 2.14. The van der Waals surface area contributed by atoms with Gasteiger partial charge in [0.05, 0.1) is 6.20 Å². The Morgan fingerprint density at radius 3 is 2.77 bits per heavy atom. The molecule has 0 aromatic carbocycles. The van der Waals surface area contributed by atoms with Crippen LogP contribution in [0.5, 0.6) is 0 Å². The molecule has 0 aliphatic carbocycles. The first-order valence-corrected chi connectivity index (χ1v) is 4.06. The fourth-order valence-electron chi connectivity index (χ4n) is 0.578. The monoisotopic (exact) mass is 220 g/mol. The lowest BCUT2D eigenvalue weighted by Gasteiger charge is -2.05. The van der Waals surface area contributed by atoms with Crippen LogP contribution < -0.4 is 10.9 Å². The molecule has 1 aromatic heterocycles. The number of hydrazine groups is 1. The molecule has 1 amide bonds. The Morgan fingerprint density at radius 1 is 1.54 bits per heavy atom. The van der Waals surface area contributed by atoms with Crippen molar-refractivity contribution in [2.24, 2.45) is 0 Å². The highest BCUT2D eigenvalue weighted by molar-refractivity contribution is 6.33. The van der Waals surface area contributed by atoms with Gasteiger partial charge in [0.1, 0.15) is 5.15 Å². The molecule has 0 aliphatic heterocycles. The van der Waals surface area contributed by atoms with Crippen LogP contribution in [0.15, 0.2) is 6.20 Å². The van der Waals surface area contributed by atoms with Gasteiger partial charge in [0.25, 0.3) is 0 Å². The molecule has 0 spiro atoms. The number of nitrogens with one attached hydrogen (secondary N) is 2. The van der Waals surface area contributed by atoms with Gasteiger partial charge in [-0.2, -0.15) is 0 Å². The summed E-state index contributed by atoms with van der Waals surface area (Å²) in [5, 5.41) is 0.291. The number of halogens is 2. The van der Waals surface area contributed by atoms with Gasteiger partial charge in [0, 0.05) is 6.92 Å². The molecule has 0 aliphatic rings. The van der Waals surface area contributed by atoms with Gasteiger partial charge in [0.2, 0.25) is 5.91 Å². The molecule has 0 fully saturated rings. The van der Waals surface area contributed by atoms with Gasteiger partial charge in [0.15, 0.2) is 11.0 Å². The van der Waals surface area contributed by atoms with Crippen molar-refractivity contribution < 1.29 is 4.79 Å². The number of hydrogen-bond acceptors (Lipinski definition) is 4. The summed E-state index contributed by atoms with van der Waals surface area (Å²) in [6, 6.07) is 0. The summed E-state index contributed by atoms with van der Waals surface area (Å²) in [4.78, 5) is 18.0. The molecular weight excluding hydrogens is 215 g/mol. The second kappa shape index (κ2) is 4.25. The number of nitrogens with zero attached hydrogens (tertiary/aromatic N) is 2. The van der Waals surface area contributed by atoms with Crippen LogP contribution >= 0.6 is 23.2 Å². The minimum absolute atomic E-state index is 0.0984. The largest absolute Gasteiger partial charge is 0.279 e. The first kappa shape index (κ1) is 10.0. The first-order valence-electron chi connectivity index (χ1n) is 3.30. The van der Waals surface area contributed by atoms with Gasteiger partial charge < -0.3 is 0 Å². The van der Waals surface area contributed by atoms with Gasteiger partial charge in [-0.25, -0.2) is 9.97 Å². The average molecular weight is 221 g/mol. The maximum Gasteiger partial charge on any atom is 0.235 e. The number of carbonyl (C=O) groups excluding carboxylic acids is 1. The van der Waals surface area contributed by atoms with Crippen molar-refractivity contribution in [2.45, 2.75) is 6.92 Å². The molecule has 5 nitrogen and oxygen atoms in total. The fraction of sp³-hybridized carbons (Fsp3) is 0.167. The van der Waals surface area contributed by atoms with E-state index in [0.717, 1.165) is 0 Å². The molecule has 0 radical (unpaired) electrons. The van der Waals surface area contributed by atoms with E-state index in [1.54, 1.807) is 0 Å². The molecule has 1 aromatic rings. The third-order valence-corrected chi connectivity index (χ3v) is 1.50. The van der Waals surface area contributed by atoms with E-state index in [0.29, 0.717) is 0 Å². The predicted molar refractivity (Wildman–Crippen MR) is 49.5 cm³/mol. The predicted octanol–water partition coefficient (Wildman–Crippen LogP) is 1.25. The van der Waals surface area contributed by atoms with Crippen molar-refractivity contribution in [2.75, 3.05) is 5.43 Å². The van der Waals surface area contributed by atoms with Crippen LogP contribution in [0.25, 0.3) is 0 Å². The number of aromatic nitrogens is 2. The van der Waals surface area contributed by atoms with E-state index in [1.165, 1.54) is 13.1 Å². The lowest BCUT2D eigenvalue weighted by molar-refractivity contribution is -0.118. The molecule has 2 N–H and O–H groups in total. The Hall–Kier alpha value is -1.07. The molecule has 0 unspecified atom stereocenters. The van der Waals surface area contributed by atoms with Crippen molar-refractivity contribution in [1.29, 1.82) is 0 Å². The van der Waals surface area contributed by atoms with Crippen LogP contribution in [-0.2, 0) is 4.79 Å². The maximum absolute atomic E-state index is 10.5. The SMILES string of the molecule is CC(=O)NNc1ncc(Cl)nc1Cl. The maximum atomic E-state index is 10.5. The highest BCUT2D eigenvalue weighted by Gasteiger charge is 2.03. The summed E-state index contributed by atoms with van der Waals surface area (Å²) < 4.78 is 0. The van der Waals surface area contributed by atoms with E-state index in [2.05, 4.69) is 20.8 Å². The Labute approximate surface area is 84.4 Å². The molecule has 1 heterocycles. The molecule has 7 heteroatoms. The highest BCUT2D eigenvalue weighted by atomic mass is 35.5. The van der Waals surface area contributed by atoms with E-state index in [9.17, 15) is 4.79 Å². The zero-order chi connectivity index (χ0) is 9.84. The van der Waals surface area contributed by atoms with Crippen LogP contribution in [0, 0.1) is 0 Å². The number of anilines is 1. The van der Waals surface area contributed by atoms with Gasteiger partial charge in [-0.05, 0) is 0 Å². The number of rotatable bonds is 2. The van der Waals surface area contributed by atoms with Crippen molar-refractivity contribution in [3.8, 4) is 0 Å². The summed E-state index contributed by atoms with van der Waals surface area (Å²) in [6.07, 6.45) is 1.32. The van der Waals surface area contributed by atoms with E-state index < -0.39 is 0 Å². The summed E-state index contributed by atoms with van der Waals surface area (Å²) >= 11 is 11.1. The molecular formula is C6H6Cl2N4O. The Morgan fingerprint density at radius 2 is 2.23 bits per heavy atom. The normalized spacial score (nSPS) is 9.46. The summed E-state index contributed by atoms with van der Waals surface area (Å²) in [6.45, 7) is 1.35. The van der Waals surface area contributed by atoms with Crippen molar-refractivity contribution in [1.82, 2.24) is 15.4 Å². The van der Waals surface area contributed by atoms with Crippen LogP contribution in [-0.4, -0.2) is 15.9 Å². The Balaban J connectivity index is 2.72. The Bertz CT molecular complexity index is 330. The average Bonchev–Trinajstić information content (AvgIpc) is 2.02. The zero-order valence-corrected chi connectivity index (χ0v) is 8.15. The van der Waals surface area contributed by atoms with E-state index >= 15 is 0 Å². The third kappa shape index (κ3) is 3.04. The standard InChI is InChI=1S/C6H6Cl2N4O/c1-3(13)11-12-6-5(8)10-4(7)2-9-6/h2H,1H3,(H,9,12)(H,11,13). The number of amides is 1.